The molecule has 0 aliphatic carbocycles. The molecular weight excluding hydrogens is 536 g/mol. The van der Waals surface area contributed by atoms with Gasteiger partial charge in [-0.1, -0.05) is 60.7 Å². The minimum atomic E-state index is 0.610. The number of para-hydroxylation sites is 1. The standard InChI is InChI=1S/C37H22N2O2S/c1-3-9-23(10-4-1)37-38-31-21-30-27-17-15-25(19-32(27)40-33(30)22-34(31)41-37)39(24-11-5-2-6-12-24)26-16-18-29-28-13-7-8-14-35(28)42-36(29)20-26/h1-22H. The summed E-state index contributed by atoms with van der Waals surface area (Å²) in [6.07, 6.45) is 0. The van der Waals surface area contributed by atoms with Crippen LogP contribution in [-0.2, 0) is 0 Å². The molecule has 3 heterocycles. The monoisotopic (exact) mass is 558 g/mol. The van der Waals surface area contributed by atoms with Gasteiger partial charge in [0, 0.05) is 65.7 Å². The van der Waals surface area contributed by atoms with Crippen LogP contribution in [0.5, 0.6) is 0 Å². The van der Waals surface area contributed by atoms with Crippen molar-refractivity contribution in [3.8, 4) is 11.5 Å². The lowest BCUT2D eigenvalue weighted by atomic mass is 10.1. The van der Waals surface area contributed by atoms with Crippen LogP contribution in [0.1, 0.15) is 0 Å². The van der Waals surface area contributed by atoms with E-state index in [2.05, 4.69) is 95.9 Å². The van der Waals surface area contributed by atoms with Gasteiger partial charge in [-0.2, -0.15) is 0 Å². The number of nitrogens with zero attached hydrogens (tertiary/aromatic N) is 2. The summed E-state index contributed by atoms with van der Waals surface area (Å²) in [4.78, 5) is 7.06. The average Bonchev–Trinajstić information content (AvgIpc) is 3.73. The van der Waals surface area contributed by atoms with E-state index in [1.807, 2.05) is 53.8 Å². The molecule has 0 bridgehead atoms. The highest BCUT2D eigenvalue weighted by atomic mass is 32.1. The lowest BCUT2D eigenvalue weighted by molar-refractivity contribution is 0.617. The molecule has 6 aromatic carbocycles. The molecular formula is C37H22N2O2S. The zero-order valence-corrected chi connectivity index (χ0v) is 23.1. The van der Waals surface area contributed by atoms with E-state index in [1.54, 1.807) is 0 Å². The van der Waals surface area contributed by atoms with Crippen molar-refractivity contribution in [1.82, 2.24) is 4.98 Å². The summed E-state index contributed by atoms with van der Waals surface area (Å²) < 4.78 is 15.1. The van der Waals surface area contributed by atoms with Gasteiger partial charge >= 0.3 is 0 Å². The molecule has 42 heavy (non-hydrogen) atoms. The fourth-order valence-electron chi connectivity index (χ4n) is 5.91. The minimum Gasteiger partial charge on any atom is -0.456 e. The maximum Gasteiger partial charge on any atom is 0.227 e. The Bertz CT molecular complexity index is 2420. The molecule has 9 rings (SSSR count). The van der Waals surface area contributed by atoms with Crippen LogP contribution in [0.2, 0.25) is 0 Å². The lowest BCUT2D eigenvalue weighted by Crippen LogP contribution is -2.09. The number of furan rings is 1. The maximum absolute atomic E-state index is 6.44. The Balaban J connectivity index is 1.19. The summed E-state index contributed by atoms with van der Waals surface area (Å²) in [7, 11) is 0. The Labute approximate surface area is 244 Å². The van der Waals surface area contributed by atoms with Crippen LogP contribution in [0.15, 0.2) is 142 Å². The van der Waals surface area contributed by atoms with Gasteiger partial charge in [-0.15, -0.1) is 11.3 Å². The van der Waals surface area contributed by atoms with Crippen molar-refractivity contribution in [3.63, 3.8) is 0 Å². The summed E-state index contributed by atoms with van der Waals surface area (Å²) in [5.74, 6) is 0.610. The number of benzene rings is 6. The molecule has 0 spiro atoms. The van der Waals surface area contributed by atoms with E-state index in [-0.39, 0.29) is 0 Å². The predicted molar refractivity (Wildman–Crippen MR) is 174 cm³/mol. The van der Waals surface area contributed by atoms with Crippen molar-refractivity contribution in [1.29, 1.82) is 0 Å². The number of anilines is 3. The molecule has 0 fully saturated rings. The molecule has 3 aromatic heterocycles. The first-order valence-corrected chi connectivity index (χ1v) is 14.7. The number of thiophene rings is 1. The highest BCUT2D eigenvalue weighted by Crippen LogP contribution is 2.42. The first-order chi connectivity index (χ1) is 20.8. The normalized spacial score (nSPS) is 11.8. The molecule has 0 unspecified atom stereocenters. The van der Waals surface area contributed by atoms with Gasteiger partial charge in [0.1, 0.15) is 16.7 Å². The SMILES string of the molecule is c1ccc(-c2nc3cc4c(cc3o2)oc2cc(N(c3ccccc3)c3ccc5c(c3)sc3ccccc35)ccc24)cc1. The van der Waals surface area contributed by atoms with Crippen LogP contribution in [0.4, 0.5) is 17.1 Å². The smallest absolute Gasteiger partial charge is 0.227 e. The Morgan fingerprint density at radius 2 is 1.17 bits per heavy atom. The summed E-state index contributed by atoms with van der Waals surface area (Å²) in [5.41, 5.74) is 7.30. The van der Waals surface area contributed by atoms with Crippen molar-refractivity contribution >= 4 is 81.6 Å². The van der Waals surface area contributed by atoms with Gasteiger partial charge in [-0.3, -0.25) is 0 Å². The van der Waals surface area contributed by atoms with Crippen molar-refractivity contribution in [2.45, 2.75) is 0 Å². The zero-order chi connectivity index (χ0) is 27.6. The number of hydrogen-bond acceptors (Lipinski definition) is 5. The fraction of sp³-hybridized carbons (Fsp3) is 0. The second kappa shape index (κ2) is 9.06. The number of rotatable bonds is 4. The van der Waals surface area contributed by atoms with E-state index in [0.29, 0.717) is 11.5 Å². The molecule has 0 aliphatic rings. The molecule has 0 amide bonds. The molecule has 0 saturated heterocycles. The first-order valence-electron chi connectivity index (χ1n) is 13.9. The molecule has 4 nitrogen and oxygen atoms in total. The lowest BCUT2D eigenvalue weighted by Gasteiger charge is -2.25. The van der Waals surface area contributed by atoms with Gasteiger partial charge in [0.05, 0.1) is 0 Å². The van der Waals surface area contributed by atoms with E-state index in [9.17, 15) is 0 Å². The average molecular weight is 559 g/mol. The summed E-state index contributed by atoms with van der Waals surface area (Å²) in [5, 5.41) is 4.66. The minimum absolute atomic E-state index is 0.610. The molecule has 5 heteroatoms. The largest absolute Gasteiger partial charge is 0.456 e. The molecule has 0 saturated carbocycles. The Morgan fingerprint density at radius 3 is 2.02 bits per heavy atom. The molecule has 9 aromatic rings. The van der Waals surface area contributed by atoms with E-state index < -0.39 is 0 Å². The summed E-state index contributed by atoms with van der Waals surface area (Å²) in [6, 6.07) is 46.3. The fourth-order valence-corrected chi connectivity index (χ4v) is 7.05. The highest BCUT2D eigenvalue weighted by Gasteiger charge is 2.18. The Kier molecular flexibility index (Phi) is 5.03. The predicted octanol–water partition coefficient (Wildman–Crippen LogP) is 11.2. The topological polar surface area (TPSA) is 42.4 Å². The third-order valence-corrected chi connectivity index (χ3v) is 9.01. The van der Waals surface area contributed by atoms with Gasteiger partial charge in [0.2, 0.25) is 5.89 Å². The Morgan fingerprint density at radius 1 is 0.476 bits per heavy atom. The third-order valence-electron chi connectivity index (χ3n) is 7.88. The van der Waals surface area contributed by atoms with Crippen LogP contribution in [0, 0.1) is 0 Å². The summed E-state index contributed by atoms with van der Waals surface area (Å²) >= 11 is 1.83. The van der Waals surface area contributed by atoms with Crippen molar-refractivity contribution in [2.75, 3.05) is 4.90 Å². The number of oxazole rings is 1. The van der Waals surface area contributed by atoms with Gasteiger partial charge in [0.25, 0.3) is 0 Å². The van der Waals surface area contributed by atoms with Crippen LogP contribution < -0.4 is 4.90 Å². The second-order valence-electron chi connectivity index (χ2n) is 10.4. The first kappa shape index (κ1) is 23.3. The molecule has 0 N–H and O–H groups in total. The van der Waals surface area contributed by atoms with Crippen molar-refractivity contribution < 1.29 is 8.83 Å². The zero-order valence-electron chi connectivity index (χ0n) is 22.3. The van der Waals surface area contributed by atoms with Crippen molar-refractivity contribution in [3.05, 3.63) is 133 Å². The van der Waals surface area contributed by atoms with E-state index in [4.69, 9.17) is 13.8 Å². The van der Waals surface area contributed by atoms with Crippen LogP contribution in [0.3, 0.4) is 0 Å². The highest BCUT2D eigenvalue weighted by molar-refractivity contribution is 7.25. The van der Waals surface area contributed by atoms with E-state index in [1.165, 1.54) is 20.2 Å². The third kappa shape index (κ3) is 3.64. The van der Waals surface area contributed by atoms with E-state index >= 15 is 0 Å². The maximum atomic E-state index is 6.44. The molecule has 198 valence electrons. The van der Waals surface area contributed by atoms with Gasteiger partial charge in [0.15, 0.2) is 5.58 Å². The van der Waals surface area contributed by atoms with Gasteiger partial charge in [-0.25, -0.2) is 4.98 Å². The van der Waals surface area contributed by atoms with Gasteiger partial charge < -0.3 is 13.7 Å². The molecule has 0 atom stereocenters. The van der Waals surface area contributed by atoms with Crippen LogP contribution in [0.25, 0.3) is 64.7 Å². The number of hydrogen-bond donors (Lipinski definition) is 0. The number of aromatic nitrogens is 1. The van der Waals surface area contributed by atoms with Crippen molar-refractivity contribution in [2.24, 2.45) is 0 Å². The Hall–Kier alpha value is -5.39. The van der Waals surface area contributed by atoms with Crippen LogP contribution >= 0.6 is 11.3 Å². The molecule has 0 aliphatic heterocycles. The molecule has 0 radical (unpaired) electrons. The van der Waals surface area contributed by atoms with Crippen LogP contribution in [-0.4, -0.2) is 4.98 Å². The second-order valence-corrected chi connectivity index (χ2v) is 11.5. The van der Waals surface area contributed by atoms with Gasteiger partial charge in [-0.05, 0) is 60.7 Å². The summed E-state index contributed by atoms with van der Waals surface area (Å²) in [6.45, 7) is 0. The number of fused-ring (bicyclic) bond motifs is 7. The van der Waals surface area contributed by atoms with E-state index in [0.717, 1.165) is 50.1 Å². The quantitative estimate of drug-likeness (QED) is 0.215.